The molecule has 4 rings (SSSR count). The summed E-state index contributed by atoms with van der Waals surface area (Å²) in [7, 11) is -1.69. The van der Waals surface area contributed by atoms with Crippen LogP contribution in [0.15, 0.2) is 46.4 Å². The minimum Gasteiger partial charge on any atom is -0.304 e. The Balaban J connectivity index is 1.54. The molecule has 32 heavy (non-hydrogen) atoms. The molecule has 0 radical (unpaired) electrons. The van der Waals surface area contributed by atoms with Gasteiger partial charge in [-0.2, -0.15) is 9.41 Å². The lowest BCUT2D eigenvalue weighted by Gasteiger charge is -2.31. The number of sulfonamides is 1. The van der Waals surface area contributed by atoms with E-state index in [1.54, 1.807) is 12.1 Å². The largest absolute Gasteiger partial charge is 0.304 e. The van der Waals surface area contributed by atoms with Crippen molar-refractivity contribution in [3.05, 3.63) is 63.7 Å². The highest BCUT2D eigenvalue weighted by atomic mass is 35.5. The van der Waals surface area contributed by atoms with E-state index in [-0.39, 0.29) is 16.4 Å². The van der Waals surface area contributed by atoms with Gasteiger partial charge in [0.05, 0.1) is 10.6 Å². The van der Waals surface area contributed by atoms with E-state index in [9.17, 15) is 13.2 Å². The van der Waals surface area contributed by atoms with Crippen LogP contribution in [-0.4, -0.2) is 62.5 Å². The maximum absolute atomic E-state index is 13.0. The molecule has 2 aromatic carbocycles. The van der Waals surface area contributed by atoms with Gasteiger partial charge in [-0.05, 0) is 67.8 Å². The summed E-state index contributed by atoms with van der Waals surface area (Å²) in [6.45, 7) is 6.28. The molecule has 1 N–H and O–H groups in total. The van der Waals surface area contributed by atoms with Crippen LogP contribution in [-0.2, 0) is 10.0 Å². The second-order valence-corrected chi connectivity index (χ2v) is 10.9. The van der Waals surface area contributed by atoms with E-state index in [0.29, 0.717) is 37.6 Å². The molecule has 2 aromatic rings. The van der Waals surface area contributed by atoms with Crippen LogP contribution in [0.1, 0.15) is 46.3 Å². The van der Waals surface area contributed by atoms with Gasteiger partial charge in [-0.25, -0.2) is 13.8 Å². The number of nitrogens with zero attached hydrogens (tertiary/aromatic N) is 3. The molecule has 0 aromatic heterocycles. The summed E-state index contributed by atoms with van der Waals surface area (Å²) in [6, 6.07) is 10.1. The molecule has 1 heterocycles. The normalized spacial score (nSPS) is 21.0. The van der Waals surface area contributed by atoms with Gasteiger partial charge in [0.2, 0.25) is 10.0 Å². The fourth-order valence-electron chi connectivity index (χ4n) is 4.26. The topological polar surface area (TPSA) is 82.1 Å². The van der Waals surface area contributed by atoms with Crippen LogP contribution in [0.2, 0.25) is 5.02 Å². The second kappa shape index (κ2) is 8.94. The summed E-state index contributed by atoms with van der Waals surface area (Å²) in [5.74, 6) is -0.237. The van der Waals surface area contributed by atoms with Crippen molar-refractivity contribution in [2.24, 2.45) is 5.10 Å². The molecule has 2 aliphatic rings. The molecule has 1 aliphatic heterocycles. The zero-order valence-electron chi connectivity index (χ0n) is 18.4. The SMILES string of the molecule is Cc1cc(Cl)c2c(c1)/C(=N/NC(=O)c1cccc(S(=O)(=O)N3CCN(C)CC3)c1)CC2C. The minimum atomic E-state index is -3.65. The van der Waals surface area contributed by atoms with Crippen molar-refractivity contribution in [2.75, 3.05) is 33.2 Å². The number of likely N-dealkylation sites (N-methyl/N-ethyl adjacent to an activating group) is 1. The van der Waals surface area contributed by atoms with Crippen LogP contribution >= 0.6 is 11.6 Å². The number of hydrogen-bond acceptors (Lipinski definition) is 5. The van der Waals surface area contributed by atoms with E-state index in [2.05, 4.69) is 22.4 Å². The van der Waals surface area contributed by atoms with E-state index in [4.69, 9.17) is 11.6 Å². The van der Waals surface area contributed by atoms with Gasteiger partial charge in [0.25, 0.3) is 5.91 Å². The van der Waals surface area contributed by atoms with Crippen molar-refractivity contribution < 1.29 is 13.2 Å². The number of amides is 1. The van der Waals surface area contributed by atoms with Crippen LogP contribution in [0.5, 0.6) is 0 Å². The lowest BCUT2D eigenvalue weighted by molar-refractivity contribution is 0.0954. The molecule has 9 heteroatoms. The number of nitrogens with one attached hydrogen (secondary N) is 1. The number of piperazine rings is 1. The minimum absolute atomic E-state index is 0.115. The number of carbonyl (C=O) groups excluding carboxylic acids is 1. The average Bonchev–Trinajstić information content (AvgIpc) is 3.07. The third-order valence-corrected chi connectivity index (χ3v) is 8.27. The number of fused-ring (bicyclic) bond motifs is 1. The van der Waals surface area contributed by atoms with Gasteiger partial charge in [-0.1, -0.05) is 24.6 Å². The highest BCUT2D eigenvalue weighted by Crippen LogP contribution is 2.38. The molecular formula is C23H27ClN4O3S. The van der Waals surface area contributed by atoms with E-state index in [1.807, 2.05) is 26.1 Å². The Kier molecular flexibility index (Phi) is 6.40. The number of halogens is 1. The molecule has 1 aliphatic carbocycles. The van der Waals surface area contributed by atoms with Crippen molar-refractivity contribution in [1.29, 1.82) is 0 Å². The summed E-state index contributed by atoms with van der Waals surface area (Å²) < 4.78 is 27.5. The van der Waals surface area contributed by atoms with Crippen molar-refractivity contribution in [1.82, 2.24) is 14.6 Å². The summed E-state index contributed by atoms with van der Waals surface area (Å²) in [5, 5.41) is 5.07. The van der Waals surface area contributed by atoms with Crippen LogP contribution in [0.3, 0.4) is 0 Å². The zero-order chi connectivity index (χ0) is 23.0. The maximum Gasteiger partial charge on any atom is 0.271 e. The highest BCUT2D eigenvalue weighted by molar-refractivity contribution is 7.89. The lowest BCUT2D eigenvalue weighted by atomic mass is 10.0. The van der Waals surface area contributed by atoms with Gasteiger partial charge in [0, 0.05) is 42.3 Å². The average molecular weight is 475 g/mol. The van der Waals surface area contributed by atoms with Gasteiger partial charge >= 0.3 is 0 Å². The lowest BCUT2D eigenvalue weighted by Crippen LogP contribution is -2.47. The Labute approximate surface area is 194 Å². The van der Waals surface area contributed by atoms with Gasteiger partial charge < -0.3 is 4.90 Å². The first-order valence-corrected chi connectivity index (χ1v) is 12.4. The Morgan fingerprint density at radius 2 is 1.88 bits per heavy atom. The van der Waals surface area contributed by atoms with Crippen molar-refractivity contribution in [3.63, 3.8) is 0 Å². The summed E-state index contributed by atoms with van der Waals surface area (Å²) in [6.07, 6.45) is 0.677. The monoisotopic (exact) mass is 474 g/mol. The van der Waals surface area contributed by atoms with Gasteiger partial charge in [-0.15, -0.1) is 0 Å². The second-order valence-electron chi connectivity index (χ2n) is 8.55. The van der Waals surface area contributed by atoms with Gasteiger partial charge in [-0.3, -0.25) is 4.79 Å². The Morgan fingerprint density at radius 1 is 1.16 bits per heavy atom. The molecule has 1 atom stereocenters. The van der Waals surface area contributed by atoms with Crippen molar-refractivity contribution in [2.45, 2.75) is 31.1 Å². The summed E-state index contributed by atoms with van der Waals surface area (Å²) in [5.41, 5.74) is 6.65. The number of hydrazone groups is 1. The van der Waals surface area contributed by atoms with E-state index in [1.165, 1.54) is 16.4 Å². The Hall–Kier alpha value is -2.26. The van der Waals surface area contributed by atoms with Gasteiger partial charge in [0.1, 0.15) is 0 Å². The number of aryl methyl sites for hydroxylation is 1. The fraction of sp³-hybridized carbons (Fsp3) is 0.391. The predicted octanol–water partition coefficient (Wildman–Crippen LogP) is 3.23. The Bertz CT molecular complexity index is 1190. The van der Waals surface area contributed by atoms with Crippen LogP contribution in [0, 0.1) is 6.92 Å². The third-order valence-electron chi connectivity index (χ3n) is 6.07. The summed E-state index contributed by atoms with van der Waals surface area (Å²) >= 11 is 6.42. The van der Waals surface area contributed by atoms with E-state index >= 15 is 0 Å². The molecule has 0 saturated carbocycles. The fourth-order valence-corrected chi connectivity index (χ4v) is 6.19. The number of benzene rings is 2. The number of rotatable bonds is 4. The van der Waals surface area contributed by atoms with Crippen LogP contribution in [0.4, 0.5) is 0 Å². The highest BCUT2D eigenvalue weighted by Gasteiger charge is 2.29. The standard InChI is InChI=1S/C23H27ClN4O3S/c1-15-11-19-21(13-16(2)22(19)20(24)12-15)25-26-23(29)17-5-4-6-18(14-17)32(30,31)28-9-7-27(3)8-10-28/h4-6,11-12,14,16H,7-10,13H2,1-3H3,(H,26,29)/b25-21+. The predicted molar refractivity (Wildman–Crippen MR) is 126 cm³/mol. The number of hydrogen-bond donors (Lipinski definition) is 1. The molecule has 1 amide bonds. The van der Waals surface area contributed by atoms with Gasteiger partial charge in [0.15, 0.2) is 0 Å². The van der Waals surface area contributed by atoms with E-state index < -0.39 is 15.9 Å². The molecule has 1 saturated heterocycles. The maximum atomic E-state index is 13.0. The number of carbonyl (C=O) groups is 1. The van der Waals surface area contributed by atoms with Crippen LogP contribution in [0.25, 0.3) is 0 Å². The molecule has 1 unspecified atom stereocenters. The smallest absolute Gasteiger partial charge is 0.271 e. The van der Waals surface area contributed by atoms with Crippen LogP contribution < -0.4 is 5.43 Å². The summed E-state index contributed by atoms with van der Waals surface area (Å²) in [4.78, 5) is 15.0. The van der Waals surface area contributed by atoms with E-state index in [0.717, 1.165) is 22.4 Å². The molecule has 170 valence electrons. The molecular weight excluding hydrogens is 448 g/mol. The van der Waals surface area contributed by atoms with Crippen molar-refractivity contribution >= 4 is 33.2 Å². The first kappa shape index (κ1) is 22.9. The first-order chi connectivity index (χ1) is 15.2. The molecule has 1 fully saturated rings. The molecule has 0 spiro atoms. The zero-order valence-corrected chi connectivity index (χ0v) is 20.0. The van der Waals surface area contributed by atoms with Crippen molar-refractivity contribution in [3.8, 4) is 0 Å². The first-order valence-electron chi connectivity index (χ1n) is 10.6. The molecule has 7 nitrogen and oxygen atoms in total. The molecule has 0 bridgehead atoms. The third kappa shape index (κ3) is 4.45. The Morgan fingerprint density at radius 3 is 2.59 bits per heavy atom. The quantitative estimate of drug-likeness (QED) is 0.690.